The van der Waals surface area contributed by atoms with Gasteiger partial charge in [0.05, 0.1) is 17.5 Å². The third kappa shape index (κ3) is 9.97. The number of rotatable bonds is 14. The molecule has 0 bridgehead atoms. The summed E-state index contributed by atoms with van der Waals surface area (Å²) in [6.45, 7) is 13.8. The minimum atomic E-state index is -2.86. The Balaban J connectivity index is 1.66. The van der Waals surface area contributed by atoms with E-state index in [1.807, 2.05) is 58.0 Å². The van der Waals surface area contributed by atoms with Crippen molar-refractivity contribution in [1.82, 2.24) is 25.3 Å². The van der Waals surface area contributed by atoms with Gasteiger partial charge in [0.15, 0.2) is 0 Å². The predicted molar refractivity (Wildman–Crippen MR) is 214 cm³/mol. The topological polar surface area (TPSA) is 155 Å². The van der Waals surface area contributed by atoms with Crippen LogP contribution in [0, 0.1) is 5.41 Å². The zero-order valence-electron chi connectivity index (χ0n) is 34.0. The zero-order valence-corrected chi connectivity index (χ0v) is 34.0. The molecule has 1 fully saturated rings. The molecule has 0 radical (unpaired) electrons. The number of hydrogen-bond donors (Lipinski definition) is 4. The van der Waals surface area contributed by atoms with Crippen LogP contribution >= 0.6 is 0 Å². The van der Waals surface area contributed by atoms with E-state index in [0.29, 0.717) is 42.6 Å². The number of methoxy groups -OCH3 is 1. The van der Waals surface area contributed by atoms with Gasteiger partial charge in [0.2, 0.25) is 0 Å². The lowest BCUT2D eigenvalue weighted by atomic mass is 9.84. The Bertz CT molecular complexity index is 2090. The number of aryl methyl sites for hydroxylation is 1. The molecule has 0 spiro atoms. The summed E-state index contributed by atoms with van der Waals surface area (Å²) in [7, 11) is 1.63. The molecule has 1 aliphatic rings. The second-order valence-electron chi connectivity index (χ2n) is 16.4. The maximum Gasteiger partial charge on any atom is 0.408 e. The molecule has 3 heterocycles. The Morgan fingerprint density at radius 2 is 1.81 bits per heavy atom. The molecule has 5 rings (SSSR count). The predicted octanol–water partition coefficient (Wildman–Crippen LogP) is 7.61. The van der Waals surface area contributed by atoms with E-state index in [2.05, 4.69) is 15.3 Å². The number of amides is 2. The molecule has 0 saturated carbocycles. The van der Waals surface area contributed by atoms with Gasteiger partial charge in [-0.15, -0.1) is 0 Å². The Morgan fingerprint density at radius 3 is 2.44 bits per heavy atom. The standard InChI is InChI=1S/C43H55F2N5O7/c1-9-49-34-15-14-27(22-31(34)32(23-43(6,7)24-51)37(49)30-12-10-16-46-36(30)25(2)56-8)28-18-26(19-29(21-28)38(44)45)20-33(48-41(55)57-42(3,4)5)39(52)50-35(40(53)54)13-11-17-47-50/h10,12,14-16,18-19,21-22,25,33,35,38,47,51H,9,11,13,17,20,23-24H2,1-8H3,(H,48,55)(H,53,54)/t25-,33?,35-/m0/s1. The van der Waals surface area contributed by atoms with E-state index in [-0.39, 0.29) is 31.1 Å². The van der Waals surface area contributed by atoms with Gasteiger partial charge >= 0.3 is 12.1 Å². The molecule has 308 valence electrons. The van der Waals surface area contributed by atoms with Crippen LogP contribution in [0.2, 0.25) is 0 Å². The van der Waals surface area contributed by atoms with E-state index in [4.69, 9.17) is 14.5 Å². The Morgan fingerprint density at radius 1 is 1.07 bits per heavy atom. The van der Waals surface area contributed by atoms with Crippen LogP contribution in [0.25, 0.3) is 33.3 Å². The SMILES string of the molecule is CCn1c(-c2cccnc2[C@H](C)OC)c(CC(C)(C)CO)c2cc(-c3cc(CC(NC(=O)OC(C)(C)C)C(=O)N4NCCC[C@H]4C(=O)O)cc(C(F)F)c3)ccc21. The number of hydrogen-bond acceptors (Lipinski definition) is 8. The molecule has 4 N–H and O–H groups in total. The molecular formula is C43H55F2N5O7. The number of carbonyl (C=O) groups excluding carboxylic acids is 2. The molecule has 0 aliphatic carbocycles. The molecule has 1 unspecified atom stereocenters. The van der Waals surface area contributed by atoms with Gasteiger partial charge in [-0.25, -0.2) is 23.8 Å². The number of halogens is 2. The molecule has 2 aromatic heterocycles. The van der Waals surface area contributed by atoms with Crippen LogP contribution in [0.5, 0.6) is 0 Å². The van der Waals surface area contributed by atoms with Crippen LogP contribution < -0.4 is 10.7 Å². The first-order valence-corrected chi connectivity index (χ1v) is 19.3. The summed E-state index contributed by atoms with van der Waals surface area (Å²) in [6.07, 6.45) is -1.37. The Hall–Kier alpha value is -4.92. The number of nitrogens with one attached hydrogen (secondary N) is 2. The molecule has 14 heteroatoms. The number of aromatic nitrogens is 2. The number of carboxylic acid groups (broad SMARTS) is 1. The summed E-state index contributed by atoms with van der Waals surface area (Å²) in [5.41, 5.74) is 7.01. The normalized spacial score (nSPS) is 16.1. The van der Waals surface area contributed by atoms with Gasteiger partial charge in [-0.1, -0.05) is 32.0 Å². The number of fused-ring (bicyclic) bond motifs is 1. The average Bonchev–Trinajstić information content (AvgIpc) is 3.47. The molecule has 12 nitrogen and oxygen atoms in total. The maximum absolute atomic E-state index is 14.6. The first-order chi connectivity index (χ1) is 26.9. The van der Waals surface area contributed by atoms with Crippen LogP contribution in [-0.4, -0.2) is 80.7 Å². The quantitative estimate of drug-likeness (QED) is 0.101. The first kappa shape index (κ1) is 43.2. The number of alkyl carbamates (subject to hydrolysis) is 1. The van der Waals surface area contributed by atoms with Gasteiger partial charge in [0, 0.05) is 61.5 Å². The number of aliphatic hydroxyl groups excluding tert-OH is 1. The lowest BCUT2D eigenvalue weighted by Gasteiger charge is -2.36. The number of ether oxygens (including phenoxy) is 2. The smallest absolute Gasteiger partial charge is 0.408 e. The molecule has 3 atom stereocenters. The van der Waals surface area contributed by atoms with Crippen LogP contribution in [-0.2, 0) is 38.4 Å². The minimum Gasteiger partial charge on any atom is -0.480 e. The summed E-state index contributed by atoms with van der Waals surface area (Å²) >= 11 is 0. The summed E-state index contributed by atoms with van der Waals surface area (Å²) in [4.78, 5) is 43.9. The maximum atomic E-state index is 14.6. The second kappa shape index (κ2) is 17.7. The van der Waals surface area contributed by atoms with E-state index < -0.39 is 47.5 Å². The lowest BCUT2D eigenvalue weighted by Crippen LogP contribution is -2.61. The number of pyridine rings is 1. The first-order valence-electron chi connectivity index (χ1n) is 19.3. The van der Waals surface area contributed by atoms with Crippen molar-refractivity contribution in [1.29, 1.82) is 0 Å². The fourth-order valence-corrected chi connectivity index (χ4v) is 7.39. The summed E-state index contributed by atoms with van der Waals surface area (Å²) in [5, 5.41) is 24.8. The van der Waals surface area contributed by atoms with Gasteiger partial charge in [-0.05, 0) is 112 Å². The number of alkyl halides is 2. The minimum absolute atomic E-state index is 0.0729. The summed E-state index contributed by atoms with van der Waals surface area (Å²) < 4.78 is 42.6. The van der Waals surface area contributed by atoms with E-state index in [1.54, 1.807) is 40.1 Å². The number of aliphatic carboxylic acids is 1. The monoisotopic (exact) mass is 791 g/mol. The molecule has 57 heavy (non-hydrogen) atoms. The lowest BCUT2D eigenvalue weighted by molar-refractivity contribution is -0.156. The Kier molecular flexibility index (Phi) is 13.4. The number of nitrogens with zero attached hydrogens (tertiary/aromatic N) is 3. The highest BCUT2D eigenvalue weighted by Crippen LogP contribution is 2.42. The zero-order chi connectivity index (χ0) is 41.8. The van der Waals surface area contributed by atoms with Crippen LogP contribution in [0.1, 0.15) is 96.2 Å². The van der Waals surface area contributed by atoms with Crippen molar-refractivity contribution < 1.29 is 42.9 Å². The largest absolute Gasteiger partial charge is 0.480 e. The van der Waals surface area contributed by atoms with Gasteiger partial charge < -0.3 is 29.6 Å². The van der Waals surface area contributed by atoms with Crippen molar-refractivity contribution in [3.8, 4) is 22.4 Å². The van der Waals surface area contributed by atoms with Crippen molar-refractivity contribution in [2.45, 2.75) is 111 Å². The molecule has 1 saturated heterocycles. The van der Waals surface area contributed by atoms with Crippen molar-refractivity contribution >= 4 is 28.9 Å². The number of benzene rings is 2. The molecule has 1 aliphatic heterocycles. The highest BCUT2D eigenvalue weighted by molar-refractivity contribution is 5.95. The third-order valence-corrected chi connectivity index (χ3v) is 10.2. The van der Waals surface area contributed by atoms with Gasteiger partial charge in [-0.3, -0.25) is 14.8 Å². The summed E-state index contributed by atoms with van der Waals surface area (Å²) in [6, 6.07) is 11.6. The Labute approximate surface area is 332 Å². The van der Waals surface area contributed by atoms with Crippen molar-refractivity contribution in [3.63, 3.8) is 0 Å². The average molecular weight is 792 g/mol. The van der Waals surface area contributed by atoms with E-state index in [1.165, 1.54) is 12.1 Å². The molecular weight excluding hydrogens is 736 g/mol. The van der Waals surface area contributed by atoms with Gasteiger partial charge in [0.1, 0.15) is 17.7 Å². The number of carboxylic acids is 1. The highest BCUT2D eigenvalue weighted by Gasteiger charge is 2.37. The van der Waals surface area contributed by atoms with Crippen molar-refractivity contribution in [3.05, 3.63) is 77.1 Å². The third-order valence-electron chi connectivity index (χ3n) is 10.2. The number of carbonyl (C=O) groups is 3. The van der Waals surface area contributed by atoms with E-state index in [9.17, 15) is 33.4 Å². The second-order valence-corrected chi connectivity index (χ2v) is 16.4. The number of aliphatic hydroxyl groups is 1. The van der Waals surface area contributed by atoms with Crippen LogP contribution in [0.4, 0.5) is 13.6 Å². The van der Waals surface area contributed by atoms with Gasteiger partial charge in [0.25, 0.3) is 12.3 Å². The van der Waals surface area contributed by atoms with Crippen molar-refractivity contribution in [2.75, 3.05) is 20.3 Å². The van der Waals surface area contributed by atoms with E-state index in [0.717, 1.165) is 38.4 Å². The van der Waals surface area contributed by atoms with Crippen molar-refractivity contribution in [2.24, 2.45) is 5.41 Å². The van der Waals surface area contributed by atoms with Gasteiger partial charge in [-0.2, -0.15) is 0 Å². The summed E-state index contributed by atoms with van der Waals surface area (Å²) in [5.74, 6) is -1.95. The highest BCUT2D eigenvalue weighted by atomic mass is 19.3. The van der Waals surface area contributed by atoms with E-state index >= 15 is 0 Å². The fourth-order valence-electron chi connectivity index (χ4n) is 7.39. The molecule has 4 aromatic rings. The molecule has 2 amide bonds. The van der Waals surface area contributed by atoms with Crippen LogP contribution in [0.15, 0.2) is 54.7 Å². The fraction of sp³-hybridized carbons (Fsp3) is 0.488. The van der Waals surface area contributed by atoms with Crippen LogP contribution in [0.3, 0.4) is 0 Å². The molecule has 2 aromatic carbocycles. The number of hydrazine groups is 1.